The van der Waals surface area contributed by atoms with Crippen molar-refractivity contribution in [3.63, 3.8) is 0 Å². The lowest BCUT2D eigenvalue weighted by Crippen LogP contribution is -2.42. The second-order valence-electron chi connectivity index (χ2n) is 4.95. The van der Waals surface area contributed by atoms with E-state index in [1.807, 2.05) is 0 Å². The molecule has 0 saturated carbocycles. The van der Waals surface area contributed by atoms with Crippen molar-refractivity contribution in [1.82, 2.24) is 10.2 Å². The smallest absolute Gasteiger partial charge is 0.317 e. The molecule has 0 spiro atoms. The van der Waals surface area contributed by atoms with E-state index in [-0.39, 0.29) is 30.5 Å². The molecule has 0 bridgehead atoms. The molecule has 7 heteroatoms. The van der Waals surface area contributed by atoms with E-state index in [0.29, 0.717) is 6.42 Å². The lowest BCUT2D eigenvalue weighted by molar-refractivity contribution is -0.140. The summed E-state index contributed by atoms with van der Waals surface area (Å²) in [6.45, 7) is 1.67. The molecule has 0 heterocycles. The van der Waals surface area contributed by atoms with Crippen LogP contribution in [0.15, 0.2) is 18.2 Å². The van der Waals surface area contributed by atoms with Gasteiger partial charge in [0, 0.05) is 31.6 Å². The van der Waals surface area contributed by atoms with Gasteiger partial charge in [0.2, 0.25) is 0 Å². The maximum absolute atomic E-state index is 13.5. The van der Waals surface area contributed by atoms with Crippen LogP contribution < -0.4 is 5.32 Å². The SMILES string of the molecule is COC(=O)CC[C@H](C)N(C)C(=O)NCc1cccc(F)c1F. The van der Waals surface area contributed by atoms with Crippen molar-refractivity contribution < 1.29 is 23.1 Å². The Hall–Kier alpha value is -2.18. The first kappa shape index (κ1) is 17.9. The summed E-state index contributed by atoms with van der Waals surface area (Å²) in [5.41, 5.74) is 0.0731. The average Bonchev–Trinajstić information content (AvgIpc) is 2.52. The molecule has 0 aliphatic heterocycles. The summed E-state index contributed by atoms with van der Waals surface area (Å²) >= 11 is 0. The van der Waals surface area contributed by atoms with E-state index in [1.54, 1.807) is 14.0 Å². The molecule has 0 aliphatic rings. The lowest BCUT2D eigenvalue weighted by atomic mass is 10.1. The summed E-state index contributed by atoms with van der Waals surface area (Å²) in [5.74, 6) is -2.27. The Morgan fingerprint density at radius 3 is 2.68 bits per heavy atom. The number of methoxy groups -OCH3 is 1. The summed E-state index contributed by atoms with van der Waals surface area (Å²) < 4.78 is 31.1. The fourth-order valence-corrected chi connectivity index (χ4v) is 1.80. The lowest BCUT2D eigenvalue weighted by Gasteiger charge is -2.25. The summed E-state index contributed by atoms with van der Waals surface area (Å²) in [6.07, 6.45) is 0.652. The van der Waals surface area contributed by atoms with Gasteiger partial charge < -0.3 is 15.0 Å². The molecule has 1 aromatic rings. The topological polar surface area (TPSA) is 58.6 Å². The van der Waals surface area contributed by atoms with Gasteiger partial charge in [-0.15, -0.1) is 0 Å². The number of ether oxygens (including phenoxy) is 1. The first-order valence-corrected chi connectivity index (χ1v) is 6.87. The van der Waals surface area contributed by atoms with Crippen molar-refractivity contribution in [3.8, 4) is 0 Å². The van der Waals surface area contributed by atoms with Crippen molar-refractivity contribution >= 4 is 12.0 Å². The Morgan fingerprint density at radius 1 is 1.36 bits per heavy atom. The Labute approximate surface area is 128 Å². The van der Waals surface area contributed by atoms with E-state index in [4.69, 9.17) is 0 Å². The van der Waals surface area contributed by atoms with Crippen LogP contribution in [0.2, 0.25) is 0 Å². The highest BCUT2D eigenvalue weighted by molar-refractivity contribution is 5.74. The number of amides is 2. The third-order valence-electron chi connectivity index (χ3n) is 3.44. The standard InChI is InChI=1S/C15H20F2N2O3/c1-10(7-8-13(20)22-3)19(2)15(21)18-9-11-5-4-6-12(16)14(11)17/h4-6,10H,7-9H2,1-3H3,(H,18,21)/t10-/m0/s1. The fourth-order valence-electron chi connectivity index (χ4n) is 1.80. The summed E-state index contributed by atoms with van der Waals surface area (Å²) in [7, 11) is 2.87. The van der Waals surface area contributed by atoms with Gasteiger partial charge in [0.15, 0.2) is 11.6 Å². The number of halogens is 2. The van der Waals surface area contributed by atoms with E-state index >= 15 is 0 Å². The average molecular weight is 314 g/mol. The molecule has 0 fully saturated rings. The van der Waals surface area contributed by atoms with Crippen LogP contribution in [0.5, 0.6) is 0 Å². The monoisotopic (exact) mass is 314 g/mol. The van der Waals surface area contributed by atoms with Crippen LogP contribution in [-0.4, -0.2) is 37.1 Å². The van der Waals surface area contributed by atoms with Crippen LogP contribution in [0.25, 0.3) is 0 Å². The van der Waals surface area contributed by atoms with Crippen LogP contribution >= 0.6 is 0 Å². The molecule has 0 radical (unpaired) electrons. The van der Waals surface area contributed by atoms with Crippen LogP contribution in [0, 0.1) is 11.6 Å². The first-order valence-electron chi connectivity index (χ1n) is 6.87. The summed E-state index contributed by atoms with van der Waals surface area (Å²) in [4.78, 5) is 24.4. The van der Waals surface area contributed by atoms with Crippen LogP contribution in [0.4, 0.5) is 13.6 Å². The molecular formula is C15H20F2N2O3. The van der Waals surface area contributed by atoms with Gasteiger partial charge in [-0.25, -0.2) is 13.6 Å². The molecular weight excluding hydrogens is 294 g/mol. The van der Waals surface area contributed by atoms with Gasteiger partial charge in [-0.1, -0.05) is 12.1 Å². The Bertz CT molecular complexity index is 538. The van der Waals surface area contributed by atoms with Gasteiger partial charge in [0.25, 0.3) is 0 Å². The van der Waals surface area contributed by atoms with Crippen LogP contribution in [-0.2, 0) is 16.1 Å². The van der Waals surface area contributed by atoms with Crippen molar-refractivity contribution in [3.05, 3.63) is 35.4 Å². The predicted molar refractivity (Wildman–Crippen MR) is 77.1 cm³/mol. The zero-order valence-electron chi connectivity index (χ0n) is 12.9. The number of nitrogens with zero attached hydrogens (tertiary/aromatic N) is 1. The molecule has 0 aliphatic carbocycles. The van der Waals surface area contributed by atoms with Crippen molar-refractivity contribution in [2.75, 3.05) is 14.2 Å². The zero-order valence-corrected chi connectivity index (χ0v) is 12.9. The van der Waals surface area contributed by atoms with Crippen LogP contribution in [0.3, 0.4) is 0 Å². The third kappa shape index (κ3) is 4.98. The molecule has 1 N–H and O–H groups in total. The van der Waals surface area contributed by atoms with Crippen molar-refractivity contribution in [2.45, 2.75) is 32.4 Å². The molecule has 0 unspecified atom stereocenters. The predicted octanol–water partition coefficient (Wildman–Crippen LogP) is 2.45. The Morgan fingerprint density at radius 2 is 2.05 bits per heavy atom. The maximum atomic E-state index is 13.5. The zero-order chi connectivity index (χ0) is 16.7. The summed E-state index contributed by atoms with van der Waals surface area (Å²) in [5, 5.41) is 2.51. The first-order chi connectivity index (χ1) is 10.4. The number of rotatable bonds is 6. The van der Waals surface area contributed by atoms with Gasteiger partial charge in [-0.2, -0.15) is 0 Å². The van der Waals surface area contributed by atoms with Crippen molar-refractivity contribution in [2.24, 2.45) is 0 Å². The van der Waals surface area contributed by atoms with E-state index in [1.165, 1.54) is 24.1 Å². The minimum Gasteiger partial charge on any atom is -0.469 e. The number of hydrogen-bond acceptors (Lipinski definition) is 3. The maximum Gasteiger partial charge on any atom is 0.317 e. The highest BCUT2D eigenvalue weighted by atomic mass is 19.2. The quantitative estimate of drug-likeness (QED) is 0.821. The molecule has 1 rings (SSSR count). The van der Waals surface area contributed by atoms with E-state index < -0.39 is 17.7 Å². The minimum atomic E-state index is -0.968. The highest BCUT2D eigenvalue weighted by Crippen LogP contribution is 2.11. The molecule has 1 aromatic carbocycles. The van der Waals surface area contributed by atoms with E-state index in [2.05, 4.69) is 10.1 Å². The number of hydrogen-bond donors (Lipinski definition) is 1. The second-order valence-corrected chi connectivity index (χ2v) is 4.95. The largest absolute Gasteiger partial charge is 0.469 e. The molecule has 0 aromatic heterocycles. The number of esters is 1. The van der Waals surface area contributed by atoms with Crippen molar-refractivity contribution in [1.29, 1.82) is 0 Å². The van der Waals surface area contributed by atoms with Gasteiger partial charge in [0.05, 0.1) is 7.11 Å². The van der Waals surface area contributed by atoms with E-state index in [9.17, 15) is 18.4 Å². The Kier molecular flexibility index (Phi) is 6.75. The Balaban J connectivity index is 2.50. The van der Waals surface area contributed by atoms with E-state index in [0.717, 1.165) is 6.07 Å². The van der Waals surface area contributed by atoms with Crippen LogP contribution in [0.1, 0.15) is 25.3 Å². The fraction of sp³-hybridized carbons (Fsp3) is 0.467. The number of nitrogens with one attached hydrogen (secondary N) is 1. The number of urea groups is 1. The molecule has 122 valence electrons. The highest BCUT2D eigenvalue weighted by Gasteiger charge is 2.17. The third-order valence-corrected chi connectivity index (χ3v) is 3.44. The summed E-state index contributed by atoms with van der Waals surface area (Å²) in [6, 6.07) is 3.17. The van der Waals surface area contributed by atoms with Gasteiger partial charge in [-0.3, -0.25) is 4.79 Å². The normalized spacial score (nSPS) is 11.7. The molecule has 5 nitrogen and oxygen atoms in total. The van der Waals surface area contributed by atoms with Gasteiger partial charge in [0.1, 0.15) is 0 Å². The molecule has 1 atom stereocenters. The number of carbonyl (C=O) groups is 2. The van der Waals surface area contributed by atoms with Gasteiger partial charge in [-0.05, 0) is 19.4 Å². The minimum absolute atomic E-state index is 0.0731. The molecule has 2 amide bonds. The number of carbonyl (C=O) groups excluding carboxylic acids is 2. The van der Waals surface area contributed by atoms with Gasteiger partial charge >= 0.3 is 12.0 Å². The number of benzene rings is 1. The second kappa shape index (κ2) is 8.31. The molecule has 0 saturated heterocycles. The molecule has 22 heavy (non-hydrogen) atoms.